The molecule has 0 saturated heterocycles. The number of methoxy groups -OCH3 is 1. The zero-order chi connectivity index (χ0) is 13.7. The van der Waals surface area contributed by atoms with Gasteiger partial charge in [0.25, 0.3) is 0 Å². The van der Waals surface area contributed by atoms with Crippen LogP contribution in [0.15, 0.2) is 18.2 Å². The average molecular weight is 269 g/mol. The molecule has 0 bridgehead atoms. The fourth-order valence-corrected chi connectivity index (χ4v) is 1.55. The van der Waals surface area contributed by atoms with Crippen molar-refractivity contribution in [1.82, 2.24) is 25.5 Å². The minimum Gasteiger partial charge on any atom is -0.383 e. The topological polar surface area (TPSA) is 64.9 Å². The lowest BCUT2D eigenvalue weighted by atomic mass is 10.3. The zero-order valence-electron chi connectivity index (χ0n) is 10.3. The van der Waals surface area contributed by atoms with Crippen LogP contribution in [0.4, 0.5) is 8.78 Å². The van der Waals surface area contributed by atoms with Crippen LogP contribution in [-0.4, -0.2) is 40.5 Å². The van der Waals surface area contributed by atoms with Gasteiger partial charge in [-0.3, -0.25) is 0 Å². The molecule has 0 aliphatic rings. The van der Waals surface area contributed by atoms with Crippen LogP contribution in [0.1, 0.15) is 5.82 Å². The number of nitrogens with one attached hydrogen (secondary N) is 1. The smallest absolute Gasteiger partial charge is 0.170 e. The summed E-state index contributed by atoms with van der Waals surface area (Å²) < 4.78 is 32.5. The van der Waals surface area contributed by atoms with Crippen molar-refractivity contribution in [1.29, 1.82) is 0 Å². The first-order valence-electron chi connectivity index (χ1n) is 5.64. The van der Waals surface area contributed by atoms with Crippen LogP contribution in [0, 0.1) is 11.6 Å². The zero-order valence-corrected chi connectivity index (χ0v) is 10.3. The number of benzene rings is 1. The molecule has 1 aromatic heterocycles. The summed E-state index contributed by atoms with van der Waals surface area (Å²) >= 11 is 0. The SMILES string of the molecule is COCCNCc1nnnn1-c1cc(F)cc(F)c1. The second-order valence-corrected chi connectivity index (χ2v) is 3.80. The fraction of sp³-hybridized carbons (Fsp3) is 0.364. The first kappa shape index (κ1) is 13.5. The largest absolute Gasteiger partial charge is 0.383 e. The van der Waals surface area contributed by atoms with Crippen LogP contribution in [0.2, 0.25) is 0 Å². The molecule has 0 aliphatic heterocycles. The molecule has 0 atom stereocenters. The van der Waals surface area contributed by atoms with Gasteiger partial charge in [0, 0.05) is 19.7 Å². The van der Waals surface area contributed by atoms with Crippen LogP contribution >= 0.6 is 0 Å². The molecular weight excluding hydrogens is 256 g/mol. The Bertz CT molecular complexity index is 525. The Hall–Kier alpha value is -1.93. The molecular formula is C11H13F2N5O. The van der Waals surface area contributed by atoms with E-state index in [1.807, 2.05) is 0 Å². The molecule has 1 N–H and O–H groups in total. The quantitative estimate of drug-likeness (QED) is 0.781. The second kappa shape index (κ2) is 6.30. The number of tetrazole rings is 1. The first-order valence-corrected chi connectivity index (χ1v) is 5.64. The van der Waals surface area contributed by atoms with Gasteiger partial charge < -0.3 is 10.1 Å². The van der Waals surface area contributed by atoms with E-state index in [1.54, 1.807) is 7.11 Å². The van der Waals surface area contributed by atoms with E-state index in [2.05, 4.69) is 20.8 Å². The summed E-state index contributed by atoms with van der Waals surface area (Å²) in [6, 6.07) is 3.13. The standard InChI is InChI=1S/C11H13F2N5O/c1-19-3-2-14-7-11-15-16-17-18(11)10-5-8(12)4-9(13)6-10/h4-6,14H,2-3,7H2,1H3. The van der Waals surface area contributed by atoms with Gasteiger partial charge in [0.1, 0.15) is 11.6 Å². The highest BCUT2D eigenvalue weighted by Gasteiger charge is 2.10. The summed E-state index contributed by atoms with van der Waals surface area (Å²) in [6.45, 7) is 1.55. The van der Waals surface area contributed by atoms with Crippen molar-refractivity contribution in [2.45, 2.75) is 6.54 Å². The molecule has 0 saturated carbocycles. The third kappa shape index (κ3) is 3.52. The molecule has 6 nitrogen and oxygen atoms in total. The molecule has 102 valence electrons. The summed E-state index contributed by atoms with van der Waals surface area (Å²) in [5.74, 6) is -0.895. The summed E-state index contributed by atoms with van der Waals surface area (Å²) in [4.78, 5) is 0. The van der Waals surface area contributed by atoms with Crippen molar-refractivity contribution in [3.05, 3.63) is 35.7 Å². The number of halogens is 2. The third-order valence-corrected chi connectivity index (χ3v) is 2.39. The van der Waals surface area contributed by atoms with Crippen LogP contribution < -0.4 is 5.32 Å². The number of aromatic nitrogens is 4. The summed E-state index contributed by atoms with van der Waals surface area (Å²) in [7, 11) is 1.60. The van der Waals surface area contributed by atoms with Crippen molar-refractivity contribution >= 4 is 0 Å². The highest BCUT2D eigenvalue weighted by molar-refractivity contribution is 5.32. The van der Waals surface area contributed by atoms with Gasteiger partial charge in [-0.15, -0.1) is 5.10 Å². The molecule has 2 aromatic rings. The van der Waals surface area contributed by atoms with E-state index in [-0.39, 0.29) is 5.69 Å². The molecule has 1 heterocycles. The molecule has 0 radical (unpaired) electrons. The summed E-state index contributed by atoms with van der Waals surface area (Å²) in [5.41, 5.74) is 0.242. The van der Waals surface area contributed by atoms with E-state index >= 15 is 0 Å². The molecule has 0 unspecified atom stereocenters. The van der Waals surface area contributed by atoms with Crippen LogP contribution in [-0.2, 0) is 11.3 Å². The predicted molar refractivity (Wildman–Crippen MR) is 62.7 cm³/mol. The van der Waals surface area contributed by atoms with Gasteiger partial charge in [-0.2, -0.15) is 4.68 Å². The Morgan fingerprint density at radius 1 is 1.26 bits per heavy atom. The Balaban J connectivity index is 2.14. The average Bonchev–Trinajstić information content (AvgIpc) is 2.82. The van der Waals surface area contributed by atoms with Crippen molar-refractivity contribution in [2.24, 2.45) is 0 Å². The monoisotopic (exact) mass is 269 g/mol. The Morgan fingerprint density at radius 3 is 2.68 bits per heavy atom. The van der Waals surface area contributed by atoms with Crippen molar-refractivity contribution in [3.63, 3.8) is 0 Å². The van der Waals surface area contributed by atoms with Gasteiger partial charge in [-0.1, -0.05) is 0 Å². The molecule has 0 amide bonds. The molecule has 2 rings (SSSR count). The first-order chi connectivity index (χ1) is 9.20. The Labute approximate surface area is 108 Å². The van der Waals surface area contributed by atoms with Crippen molar-refractivity contribution < 1.29 is 13.5 Å². The van der Waals surface area contributed by atoms with Gasteiger partial charge >= 0.3 is 0 Å². The van der Waals surface area contributed by atoms with Crippen molar-refractivity contribution in [2.75, 3.05) is 20.3 Å². The highest BCUT2D eigenvalue weighted by atomic mass is 19.1. The van der Waals surface area contributed by atoms with E-state index in [1.165, 1.54) is 4.68 Å². The number of rotatable bonds is 6. The number of nitrogens with zero attached hydrogens (tertiary/aromatic N) is 4. The maximum absolute atomic E-state index is 13.1. The molecule has 0 aliphatic carbocycles. The van der Waals surface area contributed by atoms with Crippen LogP contribution in [0.5, 0.6) is 0 Å². The molecule has 0 fully saturated rings. The fourth-order valence-electron chi connectivity index (χ4n) is 1.55. The van der Waals surface area contributed by atoms with Crippen LogP contribution in [0.25, 0.3) is 5.69 Å². The highest BCUT2D eigenvalue weighted by Crippen LogP contribution is 2.12. The second-order valence-electron chi connectivity index (χ2n) is 3.80. The third-order valence-electron chi connectivity index (χ3n) is 2.39. The number of hydrogen-bond acceptors (Lipinski definition) is 5. The van der Waals surface area contributed by atoms with Gasteiger partial charge in [0.2, 0.25) is 0 Å². The molecule has 8 heteroatoms. The number of ether oxygens (including phenoxy) is 1. The lowest BCUT2D eigenvalue weighted by Crippen LogP contribution is -2.21. The van der Waals surface area contributed by atoms with Crippen LogP contribution in [0.3, 0.4) is 0 Å². The lowest BCUT2D eigenvalue weighted by Gasteiger charge is -2.06. The van der Waals surface area contributed by atoms with E-state index < -0.39 is 11.6 Å². The van der Waals surface area contributed by atoms with Gasteiger partial charge in [0.05, 0.1) is 18.8 Å². The van der Waals surface area contributed by atoms with Gasteiger partial charge in [-0.05, 0) is 22.6 Å². The Kier molecular flexibility index (Phi) is 4.48. The predicted octanol–water partition coefficient (Wildman–Crippen LogP) is 0.676. The summed E-state index contributed by atoms with van der Waals surface area (Å²) in [6.07, 6.45) is 0. The maximum atomic E-state index is 13.1. The van der Waals surface area contributed by atoms with Crippen molar-refractivity contribution in [3.8, 4) is 5.69 Å². The summed E-state index contributed by atoms with van der Waals surface area (Å²) in [5, 5.41) is 14.1. The van der Waals surface area contributed by atoms with E-state index in [0.717, 1.165) is 18.2 Å². The minimum absolute atomic E-state index is 0.242. The molecule has 19 heavy (non-hydrogen) atoms. The number of hydrogen-bond donors (Lipinski definition) is 1. The van der Waals surface area contributed by atoms with Gasteiger partial charge in [0.15, 0.2) is 5.82 Å². The van der Waals surface area contributed by atoms with E-state index in [9.17, 15) is 8.78 Å². The lowest BCUT2D eigenvalue weighted by molar-refractivity contribution is 0.199. The Morgan fingerprint density at radius 2 is 2.00 bits per heavy atom. The van der Waals surface area contributed by atoms with E-state index in [4.69, 9.17) is 4.74 Å². The van der Waals surface area contributed by atoms with Gasteiger partial charge in [-0.25, -0.2) is 8.78 Å². The molecule has 0 spiro atoms. The molecule has 1 aromatic carbocycles. The maximum Gasteiger partial charge on any atom is 0.170 e. The van der Waals surface area contributed by atoms with E-state index in [0.29, 0.717) is 25.5 Å². The normalized spacial score (nSPS) is 10.9. The minimum atomic E-state index is -0.677.